The number of alkyl halides is 1. The predicted molar refractivity (Wildman–Crippen MR) is 42.1 cm³/mol. The van der Waals surface area contributed by atoms with Gasteiger partial charge in [0.25, 0.3) is 0 Å². The molecule has 2 fully saturated rings. The highest BCUT2D eigenvalue weighted by molar-refractivity contribution is 5.04. The number of hydrogen-bond acceptors (Lipinski definition) is 2. The zero-order valence-corrected chi connectivity index (χ0v) is 6.72. The van der Waals surface area contributed by atoms with E-state index in [0.29, 0.717) is 19.5 Å². The van der Waals surface area contributed by atoms with Crippen LogP contribution in [-0.2, 0) is 0 Å². The normalized spacial score (nSPS) is 44.7. The molecule has 2 unspecified atom stereocenters. The van der Waals surface area contributed by atoms with Crippen LogP contribution in [0.4, 0.5) is 4.39 Å². The molecule has 2 heterocycles. The molecule has 3 heteroatoms. The smallest absolute Gasteiger partial charge is 0.115 e. The van der Waals surface area contributed by atoms with Crippen LogP contribution in [0.3, 0.4) is 0 Å². The first-order valence-corrected chi connectivity index (χ1v) is 4.36. The molecule has 0 bridgehead atoms. The Morgan fingerprint density at radius 1 is 1.64 bits per heavy atom. The summed E-state index contributed by atoms with van der Waals surface area (Å²) in [7, 11) is 0. The molecule has 0 spiro atoms. The number of hydrogen-bond donors (Lipinski definition) is 1. The molecule has 2 nitrogen and oxygen atoms in total. The van der Waals surface area contributed by atoms with Crippen LogP contribution in [-0.4, -0.2) is 36.2 Å². The second kappa shape index (κ2) is 2.42. The fourth-order valence-corrected chi connectivity index (χ4v) is 2.54. The van der Waals surface area contributed by atoms with E-state index in [-0.39, 0.29) is 5.54 Å². The second-order valence-electron chi connectivity index (χ2n) is 3.78. The van der Waals surface area contributed by atoms with E-state index in [2.05, 4.69) is 4.90 Å². The molecule has 64 valence electrons. The highest BCUT2D eigenvalue weighted by Crippen LogP contribution is 2.38. The molecule has 0 radical (unpaired) electrons. The molecule has 0 aromatic rings. The lowest BCUT2D eigenvalue weighted by atomic mass is 9.94. The van der Waals surface area contributed by atoms with Crippen LogP contribution in [0.15, 0.2) is 0 Å². The van der Waals surface area contributed by atoms with Gasteiger partial charge < -0.3 is 5.73 Å². The van der Waals surface area contributed by atoms with E-state index in [1.165, 1.54) is 6.42 Å². The summed E-state index contributed by atoms with van der Waals surface area (Å²) in [5.74, 6) is 0. The standard InChI is InChI=1S/C8H15FN2/c9-7-4-8(6-10)2-1-3-11(8)5-7/h7H,1-6,10H2. The third-order valence-corrected chi connectivity index (χ3v) is 3.14. The van der Waals surface area contributed by atoms with E-state index >= 15 is 0 Å². The van der Waals surface area contributed by atoms with Gasteiger partial charge in [-0.05, 0) is 25.8 Å². The topological polar surface area (TPSA) is 29.3 Å². The van der Waals surface area contributed by atoms with Crippen LogP contribution in [0.25, 0.3) is 0 Å². The molecule has 0 aromatic heterocycles. The maximum absolute atomic E-state index is 13.0. The molecule has 2 saturated heterocycles. The number of rotatable bonds is 1. The first kappa shape index (κ1) is 7.50. The average Bonchev–Trinajstić information content (AvgIpc) is 2.43. The fraction of sp³-hybridized carbons (Fsp3) is 1.00. The molecule has 0 aromatic carbocycles. The monoisotopic (exact) mass is 158 g/mol. The molecule has 2 aliphatic rings. The van der Waals surface area contributed by atoms with E-state index in [0.717, 1.165) is 13.0 Å². The van der Waals surface area contributed by atoms with E-state index in [1.807, 2.05) is 0 Å². The Balaban J connectivity index is 2.15. The van der Waals surface area contributed by atoms with Gasteiger partial charge in [0, 0.05) is 18.6 Å². The van der Waals surface area contributed by atoms with Gasteiger partial charge in [-0.3, -0.25) is 4.90 Å². The Kier molecular flexibility index (Phi) is 1.65. The highest BCUT2D eigenvalue weighted by Gasteiger charge is 2.47. The number of halogens is 1. The van der Waals surface area contributed by atoms with Crippen molar-refractivity contribution >= 4 is 0 Å². The maximum atomic E-state index is 13.0. The Labute approximate surface area is 66.5 Å². The molecule has 2 rings (SSSR count). The first-order chi connectivity index (χ1) is 5.27. The summed E-state index contributed by atoms with van der Waals surface area (Å²) in [6.45, 7) is 2.31. The van der Waals surface area contributed by atoms with Gasteiger partial charge in [-0.2, -0.15) is 0 Å². The van der Waals surface area contributed by atoms with E-state index in [1.54, 1.807) is 0 Å². The van der Waals surface area contributed by atoms with Gasteiger partial charge in [0.15, 0.2) is 0 Å². The van der Waals surface area contributed by atoms with Crippen LogP contribution >= 0.6 is 0 Å². The summed E-state index contributed by atoms with van der Waals surface area (Å²) in [5, 5.41) is 0. The van der Waals surface area contributed by atoms with Crippen molar-refractivity contribution in [3.8, 4) is 0 Å². The lowest BCUT2D eigenvalue weighted by Gasteiger charge is -2.29. The minimum Gasteiger partial charge on any atom is -0.329 e. The molecule has 11 heavy (non-hydrogen) atoms. The van der Waals surface area contributed by atoms with Crippen LogP contribution in [0.1, 0.15) is 19.3 Å². The Bertz CT molecular complexity index is 162. The molecular formula is C8H15FN2. The quantitative estimate of drug-likeness (QED) is 0.603. The van der Waals surface area contributed by atoms with Crippen LogP contribution < -0.4 is 5.73 Å². The van der Waals surface area contributed by atoms with E-state index in [4.69, 9.17) is 5.73 Å². The number of nitrogens with zero attached hydrogens (tertiary/aromatic N) is 1. The lowest BCUT2D eigenvalue weighted by Crippen LogP contribution is -2.44. The van der Waals surface area contributed by atoms with Gasteiger partial charge in [0.2, 0.25) is 0 Å². The van der Waals surface area contributed by atoms with Crippen molar-refractivity contribution < 1.29 is 4.39 Å². The molecule has 0 amide bonds. The summed E-state index contributed by atoms with van der Waals surface area (Å²) >= 11 is 0. The summed E-state index contributed by atoms with van der Waals surface area (Å²) in [5.41, 5.74) is 5.72. The summed E-state index contributed by atoms with van der Waals surface area (Å²) in [6.07, 6.45) is 2.34. The second-order valence-corrected chi connectivity index (χ2v) is 3.78. The van der Waals surface area contributed by atoms with Crippen LogP contribution in [0.2, 0.25) is 0 Å². The Morgan fingerprint density at radius 3 is 3.09 bits per heavy atom. The summed E-state index contributed by atoms with van der Waals surface area (Å²) in [6, 6.07) is 0. The van der Waals surface area contributed by atoms with Crippen molar-refractivity contribution in [2.24, 2.45) is 5.73 Å². The van der Waals surface area contributed by atoms with Crippen LogP contribution in [0.5, 0.6) is 0 Å². The van der Waals surface area contributed by atoms with Gasteiger partial charge >= 0.3 is 0 Å². The van der Waals surface area contributed by atoms with Gasteiger partial charge in [0.1, 0.15) is 6.17 Å². The zero-order valence-electron chi connectivity index (χ0n) is 6.72. The van der Waals surface area contributed by atoms with Crippen molar-refractivity contribution in [1.29, 1.82) is 0 Å². The SMILES string of the molecule is NCC12CCCN1CC(F)C2. The van der Waals surface area contributed by atoms with Crippen molar-refractivity contribution in [3.63, 3.8) is 0 Å². The first-order valence-electron chi connectivity index (χ1n) is 4.36. The molecule has 2 aliphatic heterocycles. The predicted octanol–water partition coefficient (Wildman–Crippen LogP) is 0.521. The largest absolute Gasteiger partial charge is 0.329 e. The van der Waals surface area contributed by atoms with Gasteiger partial charge in [-0.15, -0.1) is 0 Å². The van der Waals surface area contributed by atoms with E-state index in [9.17, 15) is 4.39 Å². The van der Waals surface area contributed by atoms with Gasteiger partial charge in [-0.1, -0.05) is 0 Å². The minimum atomic E-state index is -0.626. The maximum Gasteiger partial charge on any atom is 0.115 e. The Morgan fingerprint density at radius 2 is 2.45 bits per heavy atom. The molecule has 2 N–H and O–H groups in total. The highest BCUT2D eigenvalue weighted by atomic mass is 19.1. The zero-order chi connectivity index (χ0) is 7.90. The average molecular weight is 158 g/mol. The number of fused-ring (bicyclic) bond motifs is 1. The summed E-state index contributed by atoms with van der Waals surface area (Å²) < 4.78 is 13.0. The molecule has 0 aliphatic carbocycles. The van der Waals surface area contributed by atoms with Crippen molar-refractivity contribution in [3.05, 3.63) is 0 Å². The lowest BCUT2D eigenvalue weighted by molar-refractivity contribution is 0.203. The molecule has 0 saturated carbocycles. The van der Waals surface area contributed by atoms with E-state index < -0.39 is 6.17 Å². The minimum absolute atomic E-state index is 0.0550. The van der Waals surface area contributed by atoms with Gasteiger partial charge in [-0.25, -0.2) is 4.39 Å². The van der Waals surface area contributed by atoms with Gasteiger partial charge in [0.05, 0.1) is 0 Å². The van der Waals surface area contributed by atoms with Crippen molar-refractivity contribution in [1.82, 2.24) is 4.90 Å². The van der Waals surface area contributed by atoms with Crippen LogP contribution in [0, 0.1) is 0 Å². The third-order valence-electron chi connectivity index (χ3n) is 3.14. The van der Waals surface area contributed by atoms with Crippen molar-refractivity contribution in [2.45, 2.75) is 31.0 Å². The van der Waals surface area contributed by atoms with Crippen molar-refractivity contribution in [2.75, 3.05) is 19.6 Å². The molecular weight excluding hydrogens is 143 g/mol. The molecule has 2 atom stereocenters. The third kappa shape index (κ3) is 0.983. The fourth-order valence-electron chi connectivity index (χ4n) is 2.54. The number of nitrogens with two attached hydrogens (primary N) is 1. The Hall–Kier alpha value is -0.150. The summed E-state index contributed by atoms with van der Waals surface area (Å²) in [4.78, 5) is 2.23.